The molecule has 2 rings (SSSR count). The molecule has 0 unspecified atom stereocenters. The fourth-order valence-electron chi connectivity index (χ4n) is 2.18. The Balaban J connectivity index is 2.24. The number of nitrogens with one attached hydrogen (secondary N) is 1. The van der Waals surface area contributed by atoms with E-state index in [0.717, 1.165) is 31.3 Å². The van der Waals surface area contributed by atoms with Gasteiger partial charge < -0.3 is 10.2 Å². The Morgan fingerprint density at radius 2 is 2.06 bits per heavy atom. The molecule has 1 aliphatic rings. The van der Waals surface area contributed by atoms with E-state index in [1.807, 2.05) is 20.2 Å². The van der Waals surface area contributed by atoms with Gasteiger partial charge >= 0.3 is 0 Å². The molecule has 1 aromatic heterocycles. The molecule has 0 spiro atoms. The van der Waals surface area contributed by atoms with Crippen LogP contribution in [-0.4, -0.2) is 30.1 Å². The normalized spacial score (nSPS) is 16.5. The monoisotopic (exact) mass is 220 g/mol. The number of aromatic nitrogens is 2. The van der Waals surface area contributed by atoms with Gasteiger partial charge in [0, 0.05) is 31.4 Å². The van der Waals surface area contributed by atoms with Crippen molar-refractivity contribution in [3.8, 4) is 0 Å². The van der Waals surface area contributed by atoms with E-state index < -0.39 is 0 Å². The number of anilines is 1. The Hall–Kier alpha value is -1.16. The van der Waals surface area contributed by atoms with Crippen LogP contribution in [0.3, 0.4) is 0 Å². The summed E-state index contributed by atoms with van der Waals surface area (Å²) in [5.74, 6) is 1.99. The first-order chi connectivity index (χ1) is 7.81. The number of aryl methyl sites for hydroxylation is 1. The first-order valence-electron chi connectivity index (χ1n) is 6.03. The van der Waals surface area contributed by atoms with E-state index >= 15 is 0 Å². The second kappa shape index (κ2) is 5.25. The lowest BCUT2D eigenvalue weighted by atomic mass is 10.1. The van der Waals surface area contributed by atoms with Gasteiger partial charge in [-0.05, 0) is 33.2 Å². The molecule has 88 valence electrons. The maximum absolute atomic E-state index is 4.59. The summed E-state index contributed by atoms with van der Waals surface area (Å²) in [5.41, 5.74) is 1.20. The number of piperidine rings is 1. The van der Waals surface area contributed by atoms with Crippen LogP contribution in [0.5, 0.6) is 0 Å². The number of hydrogen-bond donors (Lipinski definition) is 1. The zero-order valence-electron chi connectivity index (χ0n) is 10.2. The second-order valence-electron chi connectivity index (χ2n) is 4.34. The van der Waals surface area contributed by atoms with Crippen LogP contribution < -0.4 is 10.2 Å². The SMILES string of the molecule is CNCc1cnc(C)nc1N1CCCCC1. The highest BCUT2D eigenvalue weighted by molar-refractivity contribution is 5.46. The fraction of sp³-hybridized carbons (Fsp3) is 0.667. The van der Waals surface area contributed by atoms with E-state index in [2.05, 4.69) is 20.2 Å². The van der Waals surface area contributed by atoms with Gasteiger partial charge in [0.05, 0.1) is 0 Å². The maximum Gasteiger partial charge on any atom is 0.136 e. The van der Waals surface area contributed by atoms with Crippen LogP contribution in [0.2, 0.25) is 0 Å². The van der Waals surface area contributed by atoms with E-state index in [1.54, 1.807) is 0 Å². The van der Waals surface area contributed by atoms with Crippen LogP contribution in [0.15, 0.2) is 6.20 Å². The molecule has 2 heterocycles. The molecule has 1 fully saturated rings. The Bertz CT molecular complexity index is 345. The summed E-state index contributed by atoms with van der Waals surface area (Å²) in [6.07, 6.45) is 5.86. The molecule has 0 bridgehead atoms. The topological polar surface area (TPSA) is 41.1 Å². The van der Waals surface area contributed by atoms with Crippen LogP contribution in [0.25, 0.3) is 0 Å². The Morgan fingerprint density at radius 3 is 2.75 bits per heavy atom. The maximum atomic E-state index is 4.59. The highest BCUT2D eigenvalue weighted by atomic mass is 15.2. The highest BCUT2D eigenvalue weighted by Gasteiger charge is 2.16. The minimum absolute atomic E-state index is 0.839. The van der Waals surface area contributed by atoms with E-state index in [1.165, 1.54) is 24.8 Å². The molecule has 0 aliphatic carbocycles. The smallest absolute Gasteiger partial charge is 0.136 e. The third kappa shape index (κ3) is 2.50. The average Bonchev–Trinajstić information content (AvgIpc) is 2.33. The molecular formula is C12H20N4. The molecule has 0 amide bonds. The van der Waals surface area contributed by atoms with Gasteiger partial charge in [-0.1, -0.05) is 0 Å². The molecule has 1 aliphatic heterocycles. The van der Waals surface area contributed by atoms with Crippen molar-refractivity contribution < 1.29 is 0 Å². The van der Waals surface area contributed by atoms with Gasteiger partial charge in [0.15, 0.2) is 0 Å². The Kier molecular flexibility index (Phi) is 3.72. The van der Waals surface area contributed by atoms with Crippen molar-refractivity contribution in [1.82, 2.24) is 15.3 Å². The molecular weight excluding hydrogens is 200 g/mol. The summed E-state index contributed by atoms with van der Waals surface area (Å²) in [6, 6.07) is 0. The van der Waals surface area contributed by atoms with Crippen molar-refractivity contribution in [3.63, 3.8) is 0 Å². The van der Waals surface area contributed by atoms with Crippen molar-refractivity contribution in [1.29, 1.82) is 0 Å². The number of nitrogens with zero attached hydrogens (tertiary/aromatic N) is 3. The molecule has 0 radical (unpaired) electrons. The second-order valence-corrected chi connectivity index (χ2v) is 4.34. The summed E-state index contributed by atoms with van der Waals surface area (Å²) in [6.45, 7) is 5.06. The average molecular weight is 220 g/mol. The molecule has 0 saturated carbocycles. The van der Waals surface area contributed by atoms with Gasteiger partial charge in [0.2, 0.25) is 0 Å². The van der Waals surface area contributed by atoms with Gasteiger partial charge in [-0.2, -0.15) is 0 Å². The minimum Gasteiger partial charge on any atom is -0.356 e. The van der Waals surface area contributed by atoms with Crippen molar-refractivity contribution in [3.05, 3.63) is 17.6 Å². The van der Waals surface area contributed by atoms with Crippen LogP contribution >= 0.6 is 0 Å². The van der Waals surface area contributed by atoms with Crippen LogP contribution in [0.1, 0.15) is 30.7 Å². The molecule has 0 atom stereocenters. The Labute approximate surface area is 97.1 Å². The number of rotatable bonds is 3. The lowest BCUT2D eigenvalue weighted by molar-refractivity contribution is 0.569. The molecule has 1 saturated heterocycles. The predicted octanol–water partition coefficient (Wildman–Crippen LogP) is 1.49. The van der Waals surface area contributed by atoms with Gasteiger partial charge in [0.25, 0.3) is 0 Å². The van der Waals surface area contributed by atoms with Crippen molar-refractivity contribution >= 4 is 5.82 Å². The zero-order chi connectivity index (χ0) is 11.4. The lowest BCUT2D eigenvalue weighted by Gasteiger charge is -2.29. The van der Waals surface area contributed by atoms with E-state index in [0.29, 0.717) is 0 Å². The summed E-state index contributed by atoms with van der Waals surface area (Å²) < 4.78 is 0. The third-order valence-electron chi connectivity index (χ3n) is 2.98. The largest absolute Gasteiger partial charge is 0.356 e. The highest BCUT2D eigenvalue weighted by Crippen LogP contribution is 2.21. The number of hydrogen-bond acceptors (Lipinski definition) is 4. The van der Waals surface area contributed by atoms with Crippen molar-refractivity contribution in [2.75, 3.05) is 25.0 Å². The summed E-state index contributed by atoms with van der Waals surface area (Å²) >= 11 is 0. The summed E-state index contributed by atoms with van der Waals surface area (Å²) in [5, 5.41) is 3.18. The van der Waals surface area contributed by atoms with Crippen molar-refractivity contribution in [2.24, 2.45) is 0 Å². The molecule has 4 nitrogen and oxygen atoms in total. The van der Waals surface area contributed by atoms with Crippen LogP contribution in [-0.2, 0) is 6.54 Å². The lowest BCUT2D eigenvalue weighted by Crippen LogP contribution is -2.31. The molecule has 16 heavy (non-hydrogen) atoms. The minimum atomic E-state index is 0.839. The van der Waals surface area contributed by atoms with Gasteiger partial charge in [-0.3, -0.25) is 0 Å². The molecule has 1 aromatic rings. The summed E-state index contributed by atoms with van der Waals surface area (Å²) in [4.78, 5) is 11.3. The van der Waals surface area contributed by atoms with Crippen LogP contribution in [0.4, 0.5) is 5.82 Å². The van der Waals surface area contributed by atoms with E-state index in [9.17, 15) is 0 Å². The van der Waals surface area contributed by atoms with E-state index in [-0.39, 0.29) is 0 Å². The quantitative estimate of drug-likeness (QED) is 0.838. The van der Waals surface area contributed by atoms with Gasteiger partial charge in [0.1, 0.15) is 11.6 Å². The first-order valence-corrected chi connectivity index (χ1v) is 6.03. The standard InChI is InChI=1S/C12H20N4/c1-10-14-9-11(8-13-2)12(15-10)16-6-4-3-5-7-16/h9,13H,3-8H2,1-2H3. The van der Waals surface area contributed by atoms with Gasteiger partial charge in [-0.25, -0.2) is 9.97 Å². The van der Waals surface area contributed by atoms with Crippen LogP contribution in [0, 0.1) is 6.92 Å². The molecule has 1 N–H and O–H groups in total. The van der Waals surface area contributed by atoms with E-state index in [4.69, 9.17) is 0 Å². The fourth-order valence-corrected chi connectivity index (χ4v) is 2.18. The molecule has 4 heteroatoms. The third-order valence-corrected chi connectivity index (χ3v) is 2.98. The first kappa shape index (κ1) is 11.3. The zero-order valence-corrected chi connectivity index (χ0v) is 10.2. The molecule has 0 aromatic carbocycles. The predicted molar refractivity (Wildman–Crippen MR) is 65.6 cm³/mol. The Morgan fingerprint density at radius 1 is 1.31 bits per heavy atom. The summed E-state index contributed by atoms with van der Waals surface area (Å²) in [7, 11) is 1.96. The van der Waals surface area contributed by atoms with Crippen molar-refractivity contribution in [2.45, 2.75) is 32.7 Å². The van der Waals surface area contributed by atoms with Gasteiger partial charge in [-0.15, -0.1) is 0 Å².